The van der Waals surface area contributed by atoms with Crippen LogP contribution in [0.1, 0.15) is 17.0 Å². The van der Waals surface area contributed by atoms with Crippen LogP contribution in [0, 0.1) is 0 Å². The van der Waals surface area contributed by atoms with E-state index in [1.165, 1.54) is 6.33 Å². The van der Waals surface area contributed by atoms with Crippen LogP contribution >= 0.6 is 0 Å². The summed E-state index contributed by atoms with van der Waals surface area (Å²) in [5.41, 5.74) is 4.59. The van der Waals surface area contributed by atoms with Gasteiger partial charge in [0, 0.05) is 5.92 Å². The summed E-state index contributed by atoms with van der Waals surface area (Å²) < 4.78 is 5.44. The minimum atomic E-state index is -0.691. The number of carbonyl (C=O) groups is 1. The molecule has 2 heterocycles. The Hall–Kier alpha value is -3.94. The van der Waals surface area contributed by atoms with Crippen LogP contribution in [0.2, 0.25) is 0 Å². The fraction of sp³-hybridized carbons (Fsp3) is 0.100. The Morgan fingerprint density at radius 3 is 2.46 bits per heavy atom. The zero-order chi connectivity index (χ0) is 19.1. The summed E-state index contributed by atoms with van der Waals surface area (Å²) in [5, 5.41) is 2.46. The summed E-state index contributed by atoms with van der Waals surface area (Å²) in [7, 11) is 0. The molecule has 2 aromatic heterocycles. The van der Waals surface area contributed by atoms with Gasteiger partial charge in [-0.2, -0.15) is 4.98 Å². The zero-order valence-electron chi connectivity index (χ0n) is 14.6. The molecule has 0 atom stereocenters. The molecule has 0 saturated heterocycles. The molecule has 0 radical (unpaired) electrons. The minimum Gasteiger partial charge on any atom is -0.448 e. The van der Waals surface area contributed by atoms with Gasteiger partial charge < -0.3 is 9.72 Å². The molecule has 138 valence electrons. The van der Waals surface area contributed by atoms with Crippen LogP contribution in [-0.2, 0) is 4.74 Å². The number of rotatable bonds is 3. The maximum absolute atomic E-state index is 12.3. The van der Waals surface area contributed by atoms with Crippen molar-refractivity contribution < 1.29 is 9.53 Å². The molecule has 0 saturated carbocycles. The van der Waals surface area contributed by atoms with Crippen LogP contribution in [0.4, 0.5) is 10.7 Å². The average Bonchev–Trinajstić information content (AvgIpc) is 3.29. The maximum atomic E-state index is 12.3. The van der Waals surface area contributed by atoms with Crippen molar-refractivity contribution in [2.75, 3.05) is 11.9 Å². The van der Waals surface area contributed by atoms with E-state index in [1.807, 2.05) is 36.4 Å². The van der Waals surface area contributed by atoms with Gasteiger partial charge in [-0.15, -0.1) is 0 Å². The number of aromatic nitrogens is 4. The van der Waals surface area contributed by atoms with Crippen LogP contribution in [0.15, 0.2) is 59.7 Å². The number of hydrogen-bond acceptors (Lipinski definition) is 5. The van der Waals surface area contributed by atoms with Gasteiger partial charge in [-0.05, 0) is 22.3 Å². The van der Waals surface area contributed by atoms with E-state index in [1.54, 1.807) is 0 Å². The molecule has 28 heavy (non-hydrogen) atoms. The maximum Gasteiger partial charge on any atom is 0.414 e. The van der Waals surface area contributed by atoms with E-state index < -0.39 is 11.7 Å². The lowest BCUT2D eigenvalue weighted by Crippen LogP contribution is -2.21. The summed E-state index contributed by atoms with van der Waals surface area (Å²) in [6.07, 6.45) is 0.674. The number of aromatic amines is 2. The zero-order valence-corrected chi connectivity index (χ0v) is 14.6. The smallest absolute Gasteiger partial charge is 0.414 e. The van der Waals surface area contributed by atoms with Gasteiger partial charge in [0.05, 0.1) is 6.33 Å². The number of H-pyrrole nitrogens is 2. The molecule has 0 fully saturated rings. The predicted octanol–water partition coefficient (Wildman–Crippen LogP) is 3.01. The fourth-order valence-corrected chi connectivity index (χ4v) is 3.64. The van der Waals surface area contributed by atoms with Gasteiger partial charge in [-0.1, -0.05) is 48.5 Å². The lowest BCUT2D eigenvalue weighted by atomic mass is 9.98. The lowest BCUT2D eigenvalue weighted by Gasteiger charge is -2.14. The van der Waals surface area contributed by atoms with E-state index in [4.69, 9.17) is 4.74 Å². The fourth-order valence-electron chi connectivity index (χ4n) is 3.64. The molecule has 8 nitrogen and oxygen atoms in total. The third kappa shape index (κ3) is 2.62. The summed E-state index contributed by atoms with van der Waals surface area (Å²) in [5.74, 6) is -0.0424. The first kappa shape index (κ1) is 16.2. The monoisotopic (exact) mass is 373 g/mol. The molecule has 3 N–H and O–H groups in total. The second-order valence-corrected chi connectivity index (χ2v) is 6.46. The SMILES string of the molecule is O=C(Nc1nc2[nH]cnc2c(=O)[nH]1)OCC1c2ccccc2-c2ccccc21. The second kappa shape index (κ2) is 6.34. The number of amides is 1. The lowest BCUT2D eigenvalue weighted by molar-refractivity contribution is 0.158. The molecule has 0 aliphatic heterocycles. The Balaban J connectivity index is 1.34. The van der Waals surface area contributed by atoms with Crippen molar-refractivity contribution >= 4 is 23.2 Å². The molecule has 5 rings (SSSR count). The van der Waals surface area contributed by atoms with Gasteiger partial charge in [0.25, 0.3) is 5.56 Å². The van der Waals surface area contributed by atoms with Crippen molar-refractivity contribution in [2.45, 2.75) is 5.92 Å². The molecule has 0 bridgehead atoms. The molecule has 4 aromatic rings. The summed E-state index contributed by atoms with van der Waals surface area (Å²) in [6.45, 7) is 0.177. The molecule has 0 unspecified atom stereocenters. The normalized spacial score (nSPS) is 12.6. The first-order chi connectivity index (χ1) is 13.7. The summed E-state index contributed by atoms with van der Waals surface area (Å²) in [6, 6.07) is 16.2. The third-order valence-electron chi connectivity index (χ3n) is 4.85. The highest BCUT2D eigenvalue weighted by Gasteiger charge is 2.29. The van der Waals surface area contributed by atoms with E-state index in [9.17, 15) is 9.59 Å². The van der Waals surface area contributed by atoms with E-state index in [0.29, 0.717) is 0 Å². The molecule has 2 aromatic carbocycles. The van der Waals surface area contributed by atoms with Crippen molar-refractivity contribution in [3.05, 3.63) is 76.3 Å². The molecule has 1 amide bonds. The molecule has 8 heteroatoms. The number of carbonyl (C=O) groups excluding carboxylic acids is 1. The average molecular weight is 373 g/mol. The molecular weight excluding hydrogens is 358 g/mol. The molecule has 0 spiro atoms. The minimum absolute atomic E-state index is 0.000952. The van der Waals surface area contributed by atoms with E-state index >= 15 is 0 Å². The van der Waals surface area contributed by atoms with Crippen LogP contribution < -0.4 is 10.9 Å². The van der Waals surface area contributed by atoms with Gasteiger partial charge in [-0.25, -0.2) is 9.78 Å². The Morgan fingerprint density at radius 2 is 1.75 bits per heavy atom. The Labute approximate surface area is 158 Å². The Bertz CT molecular complexity index is 1210. The predicted molar refractivity (Wildman–Crippen MR) is 103 cm³/mol. The largest absolute Gasteiger partial charge is 0.448 e. The van der Waals surface area contributed by atoms with Gasteiger partial charge in [0.15, 0.2) is 11.2 Å². The Morgan fingerprint density at radius 1 is 1.07 bits per heavy atom. The van der Waals surface area contributed by atoms with E-state index in [-0.39, 0.29) is 29.6 Å². The first-order valence-corrected chi connectivity index (χ1v) is 8.76. The van der Waals surface area contributed by atoms with Gasteiger partial charge in [-0.3, -0.25) is 15.1 Å². The van der Waals surface area contributed by atoms with E-state index in [0.717, 1.165) is 22.3 Å². The summed E-state index contributed by atoms with van der Waals surface area (Å²) in [4.78, 5) is 37.3. The Kier molecular flexibility index (Phi) is 3.68. The highest BCUT2D eigenvalue weighted by atomic mass is 16.5. The standard InChI is InChI=1S/C20H15N5O3/c26-18-16-17(22-10-21-16)23-19(24-18)25-20(27)28-9-15-13-7-3-1-5-11(13)12-6-2-4-8-14(12)15/h1-8,10,15H,9H2,(H3,21,22,23,24,25,26,27). The number of nitrogens with one attached hydrogen (secondary N) is 3. The van der Waals surface area contributed by atoms with Crippen molar-refractivity contribution in [3.8, 4) is 11.1 Å². The van der Waals surface area contributed by atoms with Crippen LogP contribution in [0.25, 0.3) is 22.3 Å². The molecule has 1 aliphatic carbocycles. The van der Waals surface area contributed by atoms with Crippen LogP contribution in [0.3, 0.4) is 0 Å². The van der Waals surface area contributed by atoms with Gasteiger partial charge >= 0.3 is 6.09 Å². The molecule has 1 aliphatic rings. The van der Waals surface area contributed by atoms with Gasteiger partial charge in [0.2, 0.25) is 5.95 Å². The highest BCUT2D eigenvalue weighted by molar-refractivity contribution is 5.84. The molecular formula is C20H15N5O3. The quantitative estimate of drug-likeness (QED) is 0.511. The van der Waals surface area contributed by atoms with Crippen molar-refractivity contribution in [3.63, 3.8) is 0 Å². The highest BCUT2D eigenvalue weighted by Crippen LogP contribution is 2.44. The number of hydrogen-bond donors (Lipinski definition) is 3. The number of benzene rings is 2. The second-order valence-electron chi connectivity index (χ2n) is 6.46. The number of imidazole rings is 1. The third-order valence-corrected chi connectivity index (χ3v) is 4.85. The van der Waals surface area contributed by atoms with Gasteiger partial charge in [0.1, 0.15) is 6.61 Å². The summed E-state index contributed by atoms with van der Waals surface area (Å²) >= 11 is 0. The van der Waals surface area contributed by atoms with Crippen molar-refractivity contribution in [1.82, 2.24) is 19.9 Å². The van der Waals surface area contributed by atoms with Crippen molar-refractivity contribution in [1.29, 1.82) is 0 Å². The number of anilines is 1. The van der Waals surface area contributed by atoms with Crippen LogP contribution in [0.5, 0.6) is 0 Å². The topological polar surface area (TPSA) is 113 Å². The van der Waals surface area contributed by atoms with Crippen LogP contribution in [-0.4, -0.2) is 32.6 Å². The number of nitrogens with zero attached hydrogens (tertiary/aromatic N) is 2. The van der Waals surface area contributed by atoms with Crippen molar-refractivity contribution in [2.24, 2.45) is 0 Å². The first-order valence-electron chi connectivity index (χ1n) is 8.76. The number of ether oxygens (including phenoxy) is 1. The number of fused-ring (bicyclic) bond motifs is 4. The van der Waals surface area contributed by atoms with E-state index in [2.05, 4.69) is 37.4 Å².